The van der Waals surface area contributed by atoms with E-state index >= 15 is 0 Å². The zero-order valence-corrected chi connectivity index (χ0v) is 14.1. The lowest BCUT2D eigenvalue weighted by Crippen LogP contribution is -2.14. The summed E-state index contributed by atoms with van der Waals surface area (Å²) in [4.78, 5) is 11.7. The molecule has 2 nitrogen and oxygen atoms in total. The molecule has 0 aromatic rings. The molecule has 0 atom stereocenters. The van der Waals surface area contributed by atoms with E-state index in [9.17, 15) is 4.79 Å². The predicted octanol–water partition coefficient (Wildman–Crippen LogP) is 5.89. The molecular weight excluding hydrogens is 248 g/mol. The maximum atomic E-state index is 11.7. The molecule has 0 aliphatic carbocycles. The standard InChI is InChI=1S/C18H36O2/c1-4-7-10-11-12-15-18(19)20-16-17(13-8-5-2)14-9-6-3/h17H,4-16H2,1-3H3. The minimum atomic E-state index is 0.0134. The van der Waals surface area contributed by atoms with Gasteiger partial charge in [0.05, 0.1) is 6.61 Å². The number of carbonyl (C=O) groups is 1. The molecule has 0 radical (unpaired) electrons. The number of rotatable bonds is 14. The van der Waals surface area contributed by atoms with Crippen LogP contribution in [0.3, 0.4) is 0 Å². The van der Waals surface area contributed by atoms with Crippen molar-refractivity contribution in [2.45, 2.75) is 97.8 Å². The number of hydrogen-bond acceptors (Lipinski definition) is 2. The van der Waals surface area contributed by atoms with Crippen LogP contribution in [-0.4, -0.2) is 12.6 Å². The van der Waals surface area contributed by atoms with Gasteiger partial charge in [0.15, 0.2) is 0 Å². The van der Waals surface area contributed by atoms with Crippen molar-refractivity contribution in [3.05, 3.63) is 0 Å². The quantitative estimate of drug-likeness (QED) is 0.294. The second kappa shape index (κ2) is 14.9. The molecule has 0 bridgehead atoms. The topological polar surface area (TPSA) is 26.3 Å². The van der Waals surface area contributed by atoms with Gasteiger partial charge in [-0.15, -0.1) is 0 Å². The third-order valence-corrected chi connectivity index (χ3v) is 3.90. The SMILES string of the molecule is CCCCCCCC(=O)OCC(CCCC)CCCC. The van der Waals surface area contributed by atoms with Gasteiger partial charge < -0.3 is 4.74 Å². The Morgan fingerprint density at radius 2 is 1.35 bits per heavy atom. The minimum Gasteiger partial charge on any atom is -0.465 e. The highest BCUT2D eigenvalue weighted by atomic mass is 16.5. The zero-order chi connectivity index (χ0) is 15.1. The van der Waals surface area contributed by atoms with Gasteiger partial charge in [0, 0.05) is 6.42 Å². The van der Waals surface area contributed by atoms with Crippen molar-refractivity contribution in [2.24, 2.45) is 5.92 Å². The van der Waals surface area contributed by atoms with Gasteiger partial charge in [0.25, 0.3) is 0 Å². The highest BCUT2D eigenvalue weighted by Crippen LogP contribution is 2.17. The Morgan fingerprint density at radius 1 is 0.800 bits per heavy atom. The average molecular weight is 284 g/mol. The van der Waals surface area contributed by atoms with E-state index in [-0.39, 0.29) is 5.97 Å². The van der Waals surface area contributed by atoms with E-state index in [2.05, 4.69) is 20.8 Å². The van der Waals surface area contributed by atoms with Crippen molar-refractivity contribution in [1.29, 1.82) is 0 Å². The van der Waals surface area contributed by atoms with Crippen molar-refractivity contribution >= 4 is 5.97 Å². The summed E-state index contributed by atoms with van der Waals surface area (Å²) in [5.74, 6) is 0.596. The van der Waals surface area contributed by atoms with Crippen molar-refractivity contribution in [1.82, 2.24) is 0 Å². The molecule has 0 saturated carbocycles. The van der Waals surface area contributed by atoms with Gasteiger partial charge in [0.2, 0.25) is 0 Å². The van der Waals surface area contributed by atoms with Crippen molar-refractivity contribution in [3.63, 3.8) is 0 Å². The van der Waals surface area contributed by atoms with Crippen LogP contribution < -0.4 is 0 Å². The summed E-state index contributed by atoms with van der Waals surface area (Å²) in [6.07, 6.45) is 13.9. The Morgan fingerprint density at radius 3 is 1.90 bits per heavy atom. The summed E-state index contributed by atoms with van der Waals surface area (Å²) in [7, 11) is 0. The lowest BCUT2D eigenvalue weighted by molar-refractivity contribution is -0.145. The average Bonchev–Trinajstić information content (AvgIpc) is 2.46. The number of hydrogen-bond donors (Lipinski definition) is 0. The van der Waals surface area contributed by atoms with Crippen LogP contribution in [-0.2, 0) is 9.53 Å². The predicted molar refractivity (Wildman–Crippen MR) is 86.9 cm³/mol. The van der Waals surface area contributed by atoms with Crippen LogP contribution >= 0.6 is 0 Å². The third kappa shape index (κ3) is 12.5. The molecule has 0 amide bonds. The zero-order valence-electron chi connectivity index (χ0n) is 14.1. The second-order valence-corrected chi connectivity index (χ2v) is 6.00. The molecule has 20 heavy (non-hydrogen) atoms. The van der Waals surface area contributed by atoms with Gasteiger partial charge in [-0.25, -0.2) is 0 Å². The van der Waals surface area contributed by atoms with Crippen LogP contribution in [0.25, 0.3) is 0 Å². The third-order valence-electron chi connectivity index (χ3n) is 3.90. The molecule has 2 heteroatoms. The Balaban J connectivity index is 3.68. The first-order chi connectivity index (χ1) is 9.74. The summed E-state index contributed by atoms with van der Waals surface area (Å²) >= 11 is 0. The van der Waals surface area contributed by atoms with Gasteiger partial charge in [0.1, 0.15) is 0 Å². The van der Waals surface area contributed by atoms with E-state index in [1.807, 2.05) is 0 Å². The summed E-state index contributed by atoms with van der Waals surface area (Å²) in [5, 5.41) is 0. The smallest absolute Gasteiger partial charge is 0.305 e. The number of carbonyl (C=O) groups excluding carboxylic acids is 1. The summed E-state index contributed by atoms with van der Waals surface area (Å²) in [6.45, 7) is 7.30. The second-order valence-electron chi connectivity index (χ2n) is 6.00. The highest BCUT2D eigenvalue weighted by molar-refractivity contribution is 5.69. The first-order valence-electron chi connectivity index (χ1n) is 8.90. The maximum absolute atomic E-state index is 11.7. The van der Waals surface area contributed by atoms with Gasteiger partial charge in [-0.3, -0.25) is 4.79 Å². The van der Waals surface area contributed by atoms with E-state index in [4.69, 9.17) is 4.74 Å². The Kier molecular flexibility index (Phi) is 14.5. The summed E-state index contributed by atoms with van der Waals surface area (Å²) < 4.78 is 5.47. The van der Waals surface area contributed by atoms with E-state index in [0.29, 0.717) is 18.9 Å². The molecule has 120 valence electrons. The fourth-order valence-electron chi connectivity index (χ4n) is 2.45. The van der Waals surface area contributed by atoms with E-state index < -0.39 is 0 Å². The fourth-order valence-corrected chi connectivity index (χ4v) is 2.45. The van der Waals surface area contributed by atoms with Crippen molar-refractivity contribution < 1.29 is 9.53 Å². The van der Waals surface area contributed by atoms with Crippen LogP contribution in [0.4, 0.5) is 0 Å². The molecule has 0 aliphatic heterocycles. The van der Waals surface area contributed by atoms with Gasteiger partial charge >= 0.3 is 5.97 Å². The molecule has 0 heterocycles. The van der Waals surface area contributed by atoms with Crippen LogP contribution in [0.5, 0.6) is 0 Å². The summed E-state index contributed by atoms with van der Waals surface area (Å²) in [5.41, 5.74) is 0. The van der Waals surface area contributed by atoms with Crippen LogP contribution in [0, 0.1) is 5.92 Å². The normalized spacial score (nSPS) is 11.0. The summed E-state index contributed by atoms with van der Waals surface area (Å²) in [6, 6.07) is 0. The van der Waals surface area contributed by atoms with Gasteiger partial charge in [-0.2, -0.15) is 0 Å². The minimum absolute atomic E-state index is 0.0134. The van der Waals surface area contributed by atoms with Gasteiger partial charge in [-0.05, 0) is 25.2 Å². The Bertz CT molecular complexity index is 205. The molecule has 0 fully saturated rings. The van der Waals surface area contributed by atoms with Crippen LogP contribution in [0.15, 0.2) is 0 Å². The molecule has 0 aliphatic rings. The molecule has 0 N–H and O–H groups in total. The number of unbranched alkanes of at least 4 members (excludes halogenated alkanes) is 6. The first kappa shape index (κ1) is 19.5. The number of ether oxygens (including phenoxy) is 1. The maximum Gasteiger partial charge on any atom is 0.305 e. The Labute approximate surface area is 126 Å². The van der Waals surface area contributed by atoms with E-state index in [1.54, 1.807) is 0 Å². The molecule has 0 aromatic carbocycles. The Hall–Kier alpha value is -0.530. The van der Waals surface area contributed by atoms with Crippen LogP contribution in [0.1, 0.15) is 97.8 Å². The molecule has 0 saturated heterocycles. The molecule has 0 rings (SSSR count). The van der Waals surface area contributed by atoms with Crippen molar-refractivity contribution in [2.75, 3.05) is 6.61 Å². The fraction of sp³-hybridized carbons (Fsp3) is 0.944. The molecule has 0 aromatic heterocycles. The molecule has 0 unspecified atom stereocenters. The molecular formula is C18H36O2. The lowest BCUT2D eigenvalue weighted by atomic mass is 9.97. The monoisotopic (exact) mass is 284 g/mol. The molecule has 0 spiro atoms. The largest absolute Gasteiger partial charge is 0.465 e. The highest BCUT2D eigenvalue weighted by Gasteiger charge is 2.11. The van der Waals surface area contributed by atoms with Gasteiger partial charge in [-0.1, -0.05) is 72.1 Å². The van der Waals surface area contributed by atoms with Crippen molar-refractivity contribution in [3.8, 4) is 0 Å². The first-order valence-corrected chi connectivity index (χ1v) is 8.90. The van der Waals surface area contributed by atoms with Crippen LogP contribution in [0.2, 0.25) is 0 Å². The lowest BCUT2D eigenvalue weighted by Gasteiger charge is -2.16. The number of esters is 1. The van der Waals surface area contributed by atoms with E-state index in [0.717, 1.165) is 12.8 Å². The van der Waals surface area contributed by atoms with E-state index in [1.165, 1.54) is 57.8 Å².